The number of halogens is 1. The van der Waals surface area contributed by atoms with Crippen LogP contribution in [0.5, 0.6) is 0 Å². The van der Waals surface area contributed by atoms with Crippen molar-refractivity contribution in [3.05, 3.63) is 59.9 Å². The minimum Gasteiger partial charge on any atom is -0.454 e. The van der Waals surface area contributed by atoms with Gasteiger partial charge in [-0.15, -0.1) is 0 Å². The first-order chi connectivity index (χ1) is 13.3. The third-order valence-corrected chi connectivity index (χ3v) is 5.89. The highest BCUT2D eigenvalue weighted by Crippen LogP contribution is 2.27. The number of nitrogens with zero attached hydrogens (tertiary/aromatic N) is 1. The highest BCUT2D eigenvalue weighted by atomic mass is 32.2. The average Bonchev–Trinajstić information content (AvgIpc) is 3.10. The Balaban J connectivity index is 1.56. The number of hydrogen-bond donors (Lipinski definition) is 1. The number of rotatable bonds is 6. The molecule has 9 heteroatoms. The van der Waals surface area contributed by atoms with E-state index in [0.29, 0.717) is 6.54 Å². The van der Waals surface area contributed by atoms with Crippen LogP contribution < -0.4 is 9.62 Å². The van der Waals surface area contributed by atoms with Gasteiger partial charge in [0.1, 0.15) is 11.9 Å². The van der Waals surface area contributed by atoms with Gasteiger partial charge in [0.25, 0.3) is 5.91 Å². The van der Waals surface area contributed by atoms with Crippen molar-refractivity contribution in [3.63, 3.8) is 0 Å². The Hall–Kier alpha value is -2.78. The second-order valence-corrected chi connectivity index (χ2v) is 8.04. The zero-order valence-corrected chi connectivity index (χ0v) is 15.9. The van der Waals surface area contributed by atoms with Gasteiger partial charge in [0.15, 0.2) is 6.61 Å². The number of anilines is 1. The molecule has 0 aromatic heterocycles. The van der Waals surface area contributed by atoms with E-state index < -0.39 is 34.5 Å². The first-order valence-electron chi connectivity index (χ1n) is 8.61. The Morgan fingerprint density at radius 1 is 1.18 bits per heavy atom. The zero-order chi connectivity index (χ0) is 20.3. The number of para-hydroxylation sites is 1. The predicted molar refractivity (Wildman–Crippen MR) is 99.6 cm³/mol. The number of amides is 1. The van der Waals surface area contributed by atoms with Crippen LogP contribution in [0.1, 0.15) is 12.5 Å². The molecule has 0 radical (unpaired) electrons. The van der Waals surface area contributed by atoms with Crippen LogP contribution in [0.2, 0.25) is 0 Å². The molecule has 1 amide bonds. The molecule has 0 unspecified atom stereocenters. The van der Waals surface area contributed by atoms with Crippen molar-refractivity contribution in [2.75, 3.05) is 18.1 Å². The number of esters is 1. The molecule has 28 heavy (non-hydrogen) atoms. The van der Waals surface area contributed by atoms with Gasteiger partial charge in [0.05, 0.1) is 4.90 Å². The van der Waals surface area contributed by atoms with Crippen molar-refractivity contribution in [1.29, 1.82) is 0 Å². The van der Waals surface area contributed by atoms with Crippen molar-refractivity contribution >= 4 is 27.6 Å². The predicted octanol–water partition coefficient (Wildman–Crippen LogP) is 1.62. The number of sulfonamides is 1. The topological polar surface area (TPSA) is 92.8 Å². The summed E-state index contributed by atoms with van der Waals surface area (Å²) in [6.07, 6.45) is 0.726. The molecule has 1 atom stereocenters. The van der Waals surface area contributed by atoms with Crippen molar-refractivity contribution in [3.8, 4) is 0 Å². The molecule has 148 valence electrons. The normalized spacial score (nSPS) is 14.4. The largest absolute Gasteiger partial charge is 0.454 e. The van der Waals surface area contributed by atoms with E-state index in [9.17, 15) is 22.4 Å². The molecule has 0 bridgehead atoms. The minimum absolute atomic E-state index is 0.182. The van der Waals surface area contributed by atoms with E-state index in [1.807, 2.05) is 24.3 Å². The third kappa shape index (κ3) is 4.37. The SMILES string of the molecule is C[C@H](NS(=O)(=O)c1ccc(F)cc1)C(=O)OCC(=O)N1CCc2ccccc21. The van der Waals surface area contributed by atoms with Gasteiger partial charge in [-0.3, -0.25) is 9.59 Å². The number of carbonyl (C=O) groups excluding carboxylic acids is 2. The van der Waals surface area contributed by atoms with E-state index in [1.165, 1.54) is 11.8 Å². The number of ether oxygens (including phenoxy) is 1. The van der Waals surface area contributed by atoms with Gasteiger partial charge >= 0.3 is 5.97 Å². The van der Waals surface area contributed by atoms with Crippen molar-refractivity contribution in [2.45, 2.75) is 24.3 Å². The van der Waals surface area contributed by atoms with Gasteiger partial charge in [-0.25, -0.2) is 12.8 Å². The molecule has 0 saturated carbocycles. The third-order valence-electron chi connectivity index (χ3n) is 4.34. The molecule has 7 nitrogen and oxygen atoms in total. The smallest absolute Gasteiger partial charge is 0.324 e. The molecular weight excluding hydrogens is 387 g/mol. The Morgan fingerprint density at radius 2 is 1.86 bits per heavy atom. The fourth-order valence-corrected chi connectivity index (χ4v) is 4.09. The van der Waals surface area contributed by atoms with E-state index in [0.717, 1.165) is 41.9 Å². The van der Waals surface area contributed by atoms with Crippen LogP contribution in [0.4, 0.5) is 10.1 Å². The molecule has 2 aromatic carbocycles. The Labute approximate surface area is 162 Å². The highest BCUT2D eigenvalue weighted by molar-refractivity contribution is 7.89. The summed E-state index contributed by atoms with van der Waals surface area (Å²) < 4.78 is 44.5. The highest BCUT2D eigenvalue weighted by Gasteiger charge is 2.27. The number of carbonyl (C=O) groups is 2. The fraction of sp³-hybridized carbons (Fsp3) is 0.263. The standard InChI is InChI=1S/C19H19FN2O5S/c1-13(21-28(25,26)16-8-6-15(20)7-9-16)19(24)27-12-18(23)22-11-10-14-4-2-3-5-17(14)22/h2-9,13,21H,10-12H2,1H3/t13-/m0/s1. The lowest BCUT2D eigenvalue weighted by atomic mass is 10.2. The molecule has 1 N–H and O–H groups in total. The maximum absolute atomic E-state index is 12.9. The van der Waals surface area contributed by atoms with Gasteiger partial charge in [-0.2, -0.15) is 4.72 Å². The van der Waals surface area contributed by atoms with E-state index in [-0.39, 0.29) is 10.8 Å². The molecule has 3 rings (SSSR count). The molecule has 0 saturated heterocycles. The number of benzene rings is 2. The fourth-order valence-electron chi connectivity index (χ4n) is 2.90. The number of nitrogens with one attached hydrogen (secondary N) is 1. The number of fused-ring (bicyclic) bond motifs is 1. The molecule has 1 aliphatic heterocycles. The van der Waals surface area contributed by atoms with Crippen LogP contribution in [-0.2, 0) is 30.8 Å². The maximum Gasteiger partial charge on any atom is 0.324 e. The van der Waals surface area contributed by atoms with Gasteiger partial charge in [-0.05, 0) is 49.2 Å². The molecule has 1 heterocycles. The summed E-state index contributed by atoms with van der Waals surface area (Å²) in [5, 5.41) is 0. The lowest BCUT2D eigenvalue weighted by Gasteiger charge is -2.18. The summed E-state index contributed by atoms with van der Waals surface area (Å²) in [5.41, 5.74) is 1.83. The molecular formula is C19H19FN2O5S. The van der Waals surface area contributed by atoms with E-state index >= 15 is 0 Å². The van der Waals surface area contributed by atoms with Crippen LogP contribution in [0.3, 0.4) is 0 Å². The second kappa shape index (κ2) is 8.07. The first-order valence-corrected chi connectivity index (χ1v) is 10.1. The van der Waals surface area contributed by atoms with Crippen molar-refractivity contribution in [1.82, 2.24) is 4.72 Å². The summed E-state index contributed by atoms with van der Waals surface area (Å²) in [5.74, 6) is -1.84. The lowest BCUT2D eigenvalue weighted by molar-refractivity contribution is -0.149. The Morgan fingerprint density at radius 3 is 2.57 bits per heavy atom. The summed E-state index contributed by atoms with van der Waals surface area (Å²) in [6.45, 7) is 1.32. The molecule has 0 fully saturated rings. The Kier molecular flexibility index (Phi) is 5.76. The van der Waals surface area contributed by atoms with E-state index in [4.69, 9.17) is 4.74 Å². The van der Waals surface area contributed by atoms with Crippen LogP contribution in [0.25, 0.3) is 0 Å². The van der Waals surface area contributed by atoms with E-state index in [1.54, 1.807) is 0 Å². The van der Waals surface area contributed by atoms with Gasteiger partial charge in [-0.1, -0.05) is 18.2 Å². The Bertz CT molecular complexity index is 992. The van der Waals surface area contributed by atoms with Gasteiger partial charge in [0, 0.05) is 12.2 Å². The molecule has 0 aliphatic carbocycles. The van der Waals surface area contributed by atoms with Crippen molar-refractivity contribution in [2.24, 2.45) is 0 Å². The van der Waals surface area contributed by atoms with Crippen LogP contribution >= 0.6 is 0 Å². The van der Waals surface area contributed by atoms with Crippen molar-refractivity contribution < 1.29 is 27.1 Å². The lowest BCUT2D eigenvalue weighted by Crippen LogP contribution is -2.41. The maximum atomic E-state index is 12.9. The monoisotopic (exact) mass is 406 g/mol. The molecule has 0 spiro atoms. The number of hydrogen-bond acceptors (Lipinski definition) is 5. The second-order valence-electron chi connectivity index (χ2n) is 6.33. The minimum atomic E-state index is -4.03. The van der Waals surface area contributed by atoms with E-state index in [2.05, 4.69) is 4.72 Å². The average molecular weight is 406 g/mol. The first kappa shape index (κ1) is 20.0. The summed E-state index contributed by atoms with van der Waals surface area (Å²) in [7, 11) is -4.03. The summed E-state index contributed by atoms with van der Waals surface area (Å²) in [6, 6.07) is 10.4. The zero-order valence-electron chi connectivity index (χ0n) is 15.1. The van der Waals surface area contributed by atoms with Crippen LogP contribution in [0, 0.1) is 5.82 Å². The van der Waals surface area contributed by atoms with Crippen LogP contribution in [-0.4, -0.2) is 39.5 Å². The van der Waals surface area contributed by atoms with Gasteiger partial charge < -0.3 is 9.64 Å². The molecule has 1 aliphatic rings. The summed E-state index contributed by atoms with van der Waals surface area (Å²) >= 11 is 0. The molecule has 2 aromatic rings. The summed E-state index contributed by atoms with van der Waals surface area (Å²) in [4.78, 5) is 25.8. The quantitative estimate of drug-likeness (QED) is 0.736. The van der Waals surface area contributed by atoms with Crippen LogP contribution in [0.15, 0.2) is 53.4 Å². The van der Waals surface area contributed by atoms with Gasteiger partial charge in [0.2, 0.25) is 10.0 Å².